The van der Waals surface area contributed by atoms with E-state index in [1.165, 1.54) is 75.4 Å². The van der Waals surface area contributed by atoms with E-state index in [0.717, 1.165) is 34.9 Å². The van der Waals surface area contributed by atoms with Gasteiger partial charge in [0.15, 0.2) is 0 Å². The molecule has 4 aromatic carbocycles. The molecule has 1 radical (unpaired) electrons. The number of hydrogen-bond acceptors (Lipinski definition) is 3. The Morgan fingerprint density at radius 2 is 1.53 bits per heavy atom. The van der Waals surface area contributed by atoms with E-state index in [-0.39, 0.29) is 20.1 Å². The number of benzene rings is 4. The van der Waals surface area contributed by atoms with Crippen molar-refractivity contribution in [2.45, 2.75) is 78.4 Å². The number of thiophene rings is 1. The zero-order valence-electron chi connectivity index (χ0n) is 31.7. The van der Waals surface area contributed by atoms with Crippen LogP contribution in [0.2, 0.25) is 19.6 Å². The molecular weight excluding hydrogens is 857 g/mol. The number of pyridine rings is 2. The Balaban J connectivity index is 0.000000183. The molecule has 0 unspecified atom stereocenters. The van der Waals surface area contributed by atoms with Crippen LogP contribution in [0.3, 0.4) is 0 Å². The summed E-state index contributed by atoms with van der Waals surface area (Å²) in [7, 11) is -1.36. The summed E-state index contributed by atoms with van der Waals surface area (Å²) < 4.78 is 2.49. The van der Waals surface area contributed by atoms with Crippen LogP contribution in [0, 0.1) is 24.0 Å². The van der Waals surface area contributed by atoms with Gasteiger partial charge in [0.2, 0.25) is 0 Å². The van der Waals surface area contributed by atoms with Gasteiger partial charge < -0.3 is 9.97 Å². The maximum absolute atomic E-state index is 4.77. The first-order valence-corrected chi connectivity index (χ1v) is 23.4. The van der Waals surface area contributed by atoms with Crippen molar-refractivity contribution >= 4 is 44.8 Å². The van der Waals surface area contributed by atoms with E-state index in [2.05, 4.69) is 148 Å². The van der Waals surface area contributed by atoms with E-state index in [4.69, 9.17) is 4.98 Å². The fourth-order valence-electron chi connectivity index (χ4n) is 7.72. The molecule has 0 saturated heterocycles. The SMILES string of the molecule is CC(C)Cc1ccnc(-c2[c-]c3sc4ccccc4c3c(-c3ccccc3)c2)c1.C[Si](C)(C)c1cnc(-c2[c-]cccc2)cc1CC1CCCCC1.[Ir]. The number of fused-ring (bicyclic) bond motifs is 3. The zero-order chi connectivity index (χ0) is 36.1. The second-order valence-electron chi connectivity index (χ2n) is 15.9. The first-order chi connectivity index (χ1) is 25.2. The van der Waals surface area contributed by atoms with E-state index < -0.39 is 8.07 Å². The molecule has 0 spiro atoms. The molecule has 0 N–H and O–H groups in total. The molecule has 0 atom stereocenters. The summed E-state index contributed by atoms with van der Waals surface area (Å²) in [5, 5.41) is 4.14. The molecule has 7 aromatic rings. The molecule has 53 heavy (non-hydrogen) atoms. The van der Waals surface area contributed by atoms with Crippen LogP contribution in [-0.2, 0) is 32.9 Å². The third-order valence-corrected chi connectivity index (χ3v) is 13.4. The fourth-order valence-corrected chi connectivity index (χ4v) is 10.4. The van der Waals surface area contributed by atoms with Crippen LogP contribution < -0.4 is 5.19 Å². The van der Waals surface area contributed by atoms with Crippen molar-refractivity contribution in [2.75, 3.05) is 0 Å². The number of rotatable bonds is 8. The van der Waals surface area contributed by atoms with Gasteiger partial charge in [-0.3, -0.25) is 0 Å². The quantitative estimate of drug-likeness (QED) is 0.112. The van der Waals surface area contributed by atoms with Gasteiger partial charge in [0.25, 0.3) is 0 Å². The molecule has 3 heterocycles. The van der Waals surface area contributed by atoms with Crippen LogP contribution in [0.5, 0.6) is 0 Å². The van der Waals surface area contributed by atoms with Crippen molar-refractivity contribution in [3.05, 3.63) is 139 Å². The van der Waals surface area contributed by atoms with E-state index in [0.29, 0.717) is 5.92 Å². The molecule has 1 fully saturated rings. The average Bonchev–Trinajstić information content (AvgIpc) is 3.54. The van der Waals surface area contributed by atoms with Gasteiger partial charge in [-0.05, 0) is 69.0 Å². The normalized spacial score (nSPS) is 13.5. The molecule has 0 aliphatic heterocycles. The second-order valence-corrected chi connectivity index (χ2v) is 22.0. The maximum atomic E-state index is 4.77. The van der Waals surface area contributed by atoms with Crippen LogP contribution in [-0.4, -0.2) is 18.0 Å². The summed E-state index contributed by atoms with van der Waals surface area (Å²) in [6.07, 6.45) is 13.5. The van der Waals surface area contributed by atoms with Crippen LogP contribution in [0.25, 0.3) is 53.8 Å². The summed E-state index contributed by atoms with van der Waals surface area (Å²) in [5.74, 6) is 1.49. The van der Waals surface area contributed by atoms with Crippen molar-refractivity contribution in [2.24, 2.45) is 11.8 Å². The summed E-state index contributed by atoms with van der Waals surface area (Å²) in [6.45, 7) is 11.8. The first-order valence-electron chi connectivity index (χ1n) is 19.1. The Labute approximate surface area is 335 Å². The van der Waals surface area contributed by atoms with Crippen LogP contribution in [0.4, 0.5) is 0 Å². The molecule has 0 amide bonds. The minimum atomic E-state index is -1.36. The van der Waals surface area contributed by atoms with Crippen molar-refractivity contribution in [3.8, 4) is 33.6 Å². The van der Waals surface area contributed by atoms with E-state index >= 15 is 0 Å². The van der Waals surface area contributed by atoms with Gasteiger partial charge in [-0.1, -0.05) is 148 Å². The summed E-state index contributed by atoms with van der Waals surface area (Å²) in [4.78, 5) is 9.46. The van der Waals surface area contributed by atoms with Crippen LogP contribution in [0.1, 0.15) is 57.1 Å². The molecule has 1 saturated carbocycles. The van der Waals surface area contributed by atoms with Gasteiger partial charge in [0.05, 0.1) is 8.07 Å². The third kappa shape index (κ3) is 9.50. The fraction of sp³-hybridized carbons (Fsp3) is 0.292. The van der Waals surface area contributed by atoms with E-state index in [9.17, 15) is 0 Å². The minimum Gasteiger partial charge on any atom is -0.305 e. The standard InChI is InChI=1S/C27H22NS.C21H28NSi.Ir/c1-18(2)14-19-12-13-28-24(15-19)21-16-23(20-8-4-3-5-9-20)27-22-10-6-7-11-25(22)29-26(27)17-21;1-23(2,3)21-16-22-20(18-12-8-5-9-13-18)15-19(21)14-17-10-6-4-7-11-17;/h3-13,15-16,18H,14H2,1-2H3;5,8-9,12,15-17H,4,6-7,10-11,14H2,1-3H3;/q2*-1;. The minimum absolute atomic E-state index is 0. The van der Waals surface area contributed by atoms with Gasteiger partial charge in [0, 0.05) is 37.2 Å². The Hall–Kier alpha value is -3.73. The first kappa shape index (κ1) is 39.0. The van der Waals surface area contributed by atoms with Gasteiger partial charge in [-0.25, -0.2) is 0 Å². The predicted molar refractivity (Wildman–Crippen MR) is 227 cm³/mol. The average molecular weight is 907 g/mol. The molecule has 1 aliphatic rings. The molecule has 273 valence electrons. The molecule has 2 nitrogen and oxygen atoms in total. The Morgan fingerprint density at radius 1 is 0.792 bits per heavy atom. The van der Waals surface area contributed by atoms with E-state index in [1.54, 1.807) is 10.8 Å². The molecule has 8 rings (SSSR count). The third-order valence-electron chi connectivity index (χ3n) is 10.2. The monoisotopic (exact) mass is 907 g/mol. The van der Waals surface area contributed by atoms with Crippen molar-refractivity contribution in [1.82, 2.24) is 9.97 Å². The van der Waals surface area contributed by atoms with Gasteiger partial charge >= 0.3 is 0 Å². The van der Waals surface area contributed by atoms with Crippen molar-refractivity contribution < 1.29 is 20.1 Å². The smallest absolute Gasteiger partial charge is 0.0798 e. The van der Waals surface area contributed by atoms with Gasteiger partial charge in [-0.15, -0.1) is 53.6 Å². The van der Waals surface area contributed by atoms with Crippen LogP contribution in [0.15, 0.2) is 116 Å². The number of hydrogen-bond donors (Lipinski definition) is 0. The Morgan fingerprint density at radius 3 is 2.26 bits per heavy atom. The topological polar surface area (TPSA) is 25.8 Å². The largest absolute Gasteiger partial charge is 0.305 e. The van der Waals surface area contributed by atoms with Gasteiger partial charge in [-0.2, -0.15) is 11.3 Å². The maximum Gasteiger partial charge on any atom is 0.0798 e. The molecule has 3 aromatic heterocycles. The van der Waals surface area contributed by atoms with Crippen LogP contribution >= 0.6 is 11.3 Å². The number of nitrogens with zero attached hydrogens (tertiary/aromatic N) is 2. The molecular formula is C48H50IrN2SSi-2. The van der Waals surface area contributed by atoms with Gasteiger partial charge in [0.1, 0.15) is 0 Å². The molecule has 1 aliphatic carbocycles. The Kier molecular flexibility index (Phi) is 12.9. The molecule has 5 heteroatoms. The molecule has 0 bridgehead atoms. The Bertz CT molecular complexity index is 2250. The predicted octanol–water partition coefficient (Wildman–Crippen LogP) is 13.0. The van der Waals surface area contributed by atoms with Crippen molar-refractivity contribution in [3.63, 3.8) is 0 Å². The summed E-state index contributed by atoms with van der Waals surface area (Å²) in [5.41, 5.74) is 9.62. The summed E-state index contributed by atoms with van der Waals surface area (Å²) >= 11 is 1.81. The van der Waals surface area contributed by atoms with Crippen molar-refractivity contribution in [1.29, 1.82) is 0 Å². The summed E-state index contributed by atoms with van der Waals surface area (Å²) in [6, 6.07) is 43.4. The number of aromatic nitrogens is 2. The van der Waals surface area contributed by atoms with E-state index in [1.807, 2.05) is 29.7 Å². The zero-order valence-corrected chi connectivity index (χ0v) is 35.9. The second kappa shape index (κ2) is 17.6.